The lowest BCUT2D eigenvalue weighted by atomic mass is 10.3. The number of nitrogens with one attached hydrogen (secondary N) is 1. The molecule has 0 saturated heterocycles. The van der Waals surface area contributed by atoms with Crippen molar-refractivity contribution in [2.45, 2.75) is 12.8 Å². The van der Waals surface area contributed by atoms with Gasteiger partial charge >= 0.3 is 0 Å². The molecule has 0 bridgehead atoms. The summed E-state index contributed by atoms with van der Waals surface area (Å²) in [6.07, 6.45) is 1.84. The summed E-state index contributed by atoms with van der Waals surface area (Å²) in [5.41, 5.74) is 5.35. The van der Waals surface area contributed by atoms with Gasteiger partial charge in [0.05, 0.1) is 0 Å². The van der Waals surface area contributed by atoms with E-state index in [2.05, 4.69) is 27.9 Å². The molecule has 0 aliphatic rings. The normalized spacial score (nSPS) is 9.44. The molecule has 0 unspecified atom stereocenters. The molecule has 6 heteroatoms. The zero-order valence-electron chi connectivity index (χ0n) is 10.0. The first-order valence-electron chi connectivity index (χ1n) is 5.57. The minimum Gasteiger partial charge on any atom is -0.484 e. The van der Waals surface area contributed by atoms with Gasteiger partial charge in [0.25, 0.3) is 5.91 Å². The summed E-state index contributed by atoms with van der Waals surface area (Å²) in [5, 5.41) is 2.78. The molecule has 0 heterocycles. The number of carbonyl (C=O) groups is 1. The number of unbranched alkanes of at least 4 members (excludes halogenated alkanes) is 1. The average molecular weight is 385 g/mol. The standard InChI is InChI=1S/C12H17IN2O2.ClH/c13-10-3-5-11(6-4-10)17-9-12(16)15-8-2-1-7-14;/h3-6H,1-2,7-9,14H2,(H,15,16);1H. The molecule has 0 spiro atoms. The molecule has 18 heavy (non-hydrogen) atoms. The fourth-order valence-electron chi connectivity index (χ4n) is 1.23. The van der Waals surface area contributed by atoms with Crippen molar-refractivity contribution < 1.29 is 9.53 Å². The molecular formula is C12H18ClIN2O2. The Hall–Kier alpha value is -0.530. The van der Waals surface area contributed by atoms with E-state index in [0.29, 0.717) is 18.8 Å². The molecule has 1 amide bonds. The molecule has 0 aliphatic carbocycles. The summed E-state index contributed by atoms with van der Waals surface area (Å²) in [4.78, 5) is 11.4. The van der Waals surface area contributed by atoms with Crippen LogP contribution in [0.1, 0.15) is 12.8 Å². The third-order valence-corrected chi connectivity index (χ3v) is 2.86. The van der Waals surface area contributed by atoms with Gasteiger partial charge in [0.1, 0.15) is 5.75 Å². The number of hydrogen-bond donors (Lipinski definition) is 2. The van der Waals surface area contributed by atoms with Crippen molar-refractivity contribution in [2.75, 3.05) is 19.7 Å². The van der Waals surface area contributed by atoms with Crippen molar-refractivity contribution >= 4 is 40.9 Å². The highest BCUT2D eigenvalue weighted by molar-refractivity contribution is 14.1. The van der Waals surface area contributed by atoms with E-state index in [1.54, 1.807) is 0 Å². The number of nitrogens with two attached hydrogens (primary N) is 1. The van der Waals surface area contributed by atoms with Crippen LogP contribution in [0.5, 0.6) is 5.75 Å². The Labute approximate surface area is 127 Å². The third-order valence-electron chi connectivity index (χ3n) is 2.14. The molecule has 1 aromatic rings. The van der Waals surface area contributed by atoms with Crippen LogP contribution >= 0.6 is 35.0 Å². The van der Waals surface area contributed by atoms with Crippen LogP contribution < -0.4 is 15.8 Å². The second-order valence-corrected chi connectivity index (χ2v) is 4.83. The van der Waals surface area contributed by atoms with E-state index in [4.69, 9.17) is 10.5 Å². The predicted octanol–water partition coefficient (Wildman–Crippen LogP) is 1.95. The van der Waals surface area contributed by atoms with E-state index in [0.717, 1.165) is 16.4 Å². The van der Waals surface area contributed by atoms with Gasteiger partial charge in [-0.1, -0.05) is 0 Å². The maximum Gasteiger partial charge on any atom is 0.257 e. The minimum atomic E-state index is -0.0967. The highest BCUT2D eigenvalue weighted by Crippen LogP contribution is 2.13. The molecule has 1 aromatic carbocycles. The predicted molar refractivity (Wildman–Crippen MR) is 83.2 cm³/mol. The summed E-state index contributed by atoms with van der Waals surface area (Å²) >= 11 is 2.22. The number of benzene rings is 1. The minimum absolute atomic E-state index is 0. The van der Waals surface area contributed by atoms with Crippen LogP contribution in [0, 0.1) is 3.57 Å². The first-order valence-corrected chi connectivity index (χ1v) is 6.65. The maximum absolute atomic E-state index is 11.4. The Morgan fingerprint density at radius 2 is 1.94 bits per heavy atom. The molecule has 0 atom stereocenters. The van der Waals surface area contributed by atoms with Gasteiger partial charge in [0.2, 0.25) is 0 Å². The van der Waals surface area contributed by atoms with Crippen molar-refractivity contribution in [3.8, 4) is 5.75 Å². The lowest BCUT2D eigenvalue weighted by molar-refractivity contribution is -0.123. The number of amides is 1. The van der Waals surface area contributed by atoms with Crippen LogP contribution in [0.2, 0.25) is 0 Å². The maximum atomic E-state index is 11.4. The fraction of sp³-hybridized carbons (Fsp3) is 0.417. The summed E-state index contributed by atoms with van der Waals surface area (Å²) in [7, 11) is 0. The van der Waals surface area contributed by atoms with Gasteiger partial charge in [0, 0.05) is 10.1 Å². The Bertz CT molecular complexity index is 346. The van der Waals surface area contributed by atoms with Crippen molar-refractivity contribution in [1.29, 1.82) is 0 Å². The Morgan fingerprint density at radius 3 is 2.56 bits per heavy atom. The molecule has 0 aromatic heterocycles. The molecule has 0 fully saturated rings. The summed E-state index contributed by atoms with van der Waals surface area (Å²) < 4.78 is 6.48. The molecule has 102 valence electrons. The van der Waals surface area contributed by atoms with E-state index >= 15 is 0 Å². The first-order chi connectivity index (χ1) is 8.22. The topological polar surface area (TPSA) is 64.3 Å². The SMILES string of the molecule is Cl.NCCCCNC(=O)COc1ccc(I)cc1. The fourth-order valence-corrected chi connectivity index (χ4v) is 1.59. The largest absolute Gasteiger partial charge is 0.484 e. The molecule has 1 rings (SSSR count). The van der Waals surface area contributed by atoms with E-state index in [1.807, 2.05) is 24.3 Å². The van der Waals surface area contributed by atoms with Gasteiger partial charge in [-0.05, 0) is 66.2 Å². The van der Waals surface area contributed by atoms with Crippen LogP contribution in [0.25, 0.3) is 0 Å². The second-order valence-electron chi connectivity index (χ2n) is 3.59. The number of carbonyl (C=O) groups excluding carboxylic acids is 1. The van der Waals surface area contributed by atoms with Crippen LogP contribution in [-0.2, 0) is 4.79 Å². The lowest BCUT2D eigenvalue weighted by Crippen LogP contribution is -2.29. The third kappa shape index (κ3) is 7.73. The van der Waals surface area contributed by atoms with Crippen LogP contribution in [0.3, 0.4) is 0 Å². The van der Waals surface area contributed by atoms with E-state index in [9.17, 15) is 4.79 Å². The van der Waals surface area contributed by atoms with Crippen LogP contribution in [0.15, 0.2) is 24.3 Å². The van der Waals surface area contributed by atoms with Gasteiger partial charge < -0.3 is 15.8 Å². The van der Waals surface area contributed by atoms with Gasteiger partial charge in [-0.2, -0.15) is 0 Å². The van der Waals surface area contributed by atoms with Crippen molar-refractivity contribution in [2.24, 2.45) is 5.73 Å². The average Bonchev–Trinajstić information content (AvgIpc) is 2.34. The lowest BCUT2D eigenvalue weighted by Gasteiger charge is -2.07. The molecular weight excluding hydrogens is 367 g/mol. The molecule has 4 nitrogen and oxygen atoms in total. The van der Waals surface area contributed by atoms with Gasteiger partial charge in [0.15, 0.2) is 6.61 Å². The van der Waals surface area contributed by atoms with E-state index < -0.39 is 0 Å². The van der Waals surface area contributed by atoms with Crippen molar-refractivity contribution in [3.05, 3.63) is 27.8 Å². The van der Waals surface area contributed by atoms with Crippen molar-refractivity contribution in [1.82, 2.24) is 5.32 Å². The number of hydrogen-bond acceptors (Lipinski definition) is 3. The van der Waals surface area contributed by atoms with Gasteiger partial charge in [-0.15, -0.1) is 12.4 Å². The highest BCUT2D eigenvalue weighted by atomic mass is 127. The van der Waals surface area contributed by atoms with Crippen LogP contribution in [0.4, 0.5) is 0 Å². The van der Waals surface area contributed by atoms with Crippen LogP contribution in [-0.4, -0.2) is 25.6 Å². The second kappa shape index (κ2) is 10.4. The quantitative estimate of drug-likeness (QED) is 0.558. The van der Waals surface area contributed by atoms with Gasteiger partial charge in [-0.3, -0.25) is 4.79 Å². The number of rotatable bonds is 7. The number of ether oxygens (including phenoxy) is 1. The smallest absolute Gasteiger partial charge is 0.257 e. The zero-order chi connectivity index (χ0) is 12.5. The Kier molecular flexibility index (Phi) is 10.1. The van der Waals surface area contributed by atoms with E-state index in [-0.39, 0.29) is 24.9 Å². The molecule has 3 N–H and O–H groups in total. The summed E-state index contributed by atoms with van der Waals surface area (Å²) in [6, 6.07) is 7.58. The summed E-state index contributed by atoms with van der Waals surface area (Å²) in [6.45, 7) is 1.38. The summed E-state index contributed by atoms with van der Waals surface area (Å²) in [5.74, 6) is 0.614. The first kappa shape index (κ1) is 17.5. The van der Waals surface area contributed by atoms with E-state index in [1.165, 1.54) is 0 Å². The monoisotopic (exact) mass is 384 g/mol. The Morgan fingerprint density at radius 1 is 1.28 bits per heavy atom. The zero-order valence-corrected chi connectivity index (χ0v) is 13.0. The molecule has 0 saturated carbocycles. The van der Waals surface area contributed by atoms with Crippen molar-refractivity contribution in [3.63, 3.8) is 0 Å². The molecule has 0 aliphatic heterocycles. The highest BCUT2D eigenvalue weighted by Gasteiger charge is 2.01. The van der Waals surface area contributed by atoms with Gasteiger partial charge in [-0.25, -0.2) is 0 Å². The molecule has 0 radical (unpaired) electrons. The number of halogens is 2. The Balaban J connectivity index is 0.00000289.